The smallest absolute Gasteiger partial charge is 0.276 e. The Balaban J connectivity index is 1.43. The molecule has 0 fully saturated rings. The molecule has 1 amide bonds. The summed E-state index contributed by atoms with van der Waals surface area (Å²) >= 11 is 1.58. The minimum absolute atomic E-state index is 0.122. The van der Waals surface area contributed by atoms with Crippen LogP contribution in [0.1, 0.15) is 24.1 Å². The molecule has 29 heavy (non-hydrogen) atoms. The molecule has 0 aliphatic carbocycles. The van der Waals surface area contributed by atoms with Gasteiger partial charge >= 0.3 is 0 Å². The highest BCUT2D eigenvalue weighted by molar-refractivity contribution is 7.26. The van der Waals surface area contributed by atoms with E-state index >= 15 is 0 Å². The third-order valence-corrected chi connectivity index (χ3v) is 6.08. The van der Waals surface area contributed by atoms with E-state index in [0.717, 1.165) is 20.5 Å². The summed E-state index contributed by atoms with van der Waals surface area (Å²) in [6.45, 7) is 2.55. The number of aromatic nitrogens is 2. The molecule has 0 bridgehead atoms. The third-order valence-electron chi connectivity index (χ3n) is 4.80. The zero-order chi connectivity index (χ0) is 20.4. The van der Waals surface area contributed by atoms with Gasteiger partial charge in [0.15, 0.2) is 0 Å². The van der Waals surface area contributed by atoms with Gasteiger partial charge in [0.25, 0.3) is 5.56 Å². The molecular weight excluding hydrogens is 389 g/mol. The number of rotatable bonds is 6. The summed E-state index contributed by atoms with van der Waals surface area (Å²) in [6, 6.07) is 14.0. The lowest BCUT2D eigenvalue weighted by Crippen LogP contribution is -2.26. The Labute approximate surface area is 170 Å². The van der Waals surface area contributed by atoms with Crippen LogP contribution in [0.5, 0.6) is 0 Å². The minimum Gasteiger partial charge on any atom is -0.352 e. The molecule has 0 aliphatic rings. The average molecular weight is 409 g/mol. The number of halogens is 1. The second kappa shape index (κ2) is 8.13. The molecule has 0 unspecified atom stereocenters. The summed E-state index contributed by atoms with van der Waals surface area (Å²) in [5.41, 5.74) is 1.40. The second-order valence-electron chi connectivity index (χ2n) is 6.93. The Morgan fingerprint density at radius 1 is 1.21 bits per heavy atom. The molecule has 5 nitrogen and oxygen atoms in total. The van der Waals surface area contributed by atoms with Gasteiger partial charge in [-0.1, -0.05) is 30.3 Å². The van der Waals surface area contributed by atoms with Crippen molar-refractivity contribution in [2.24, 2.45) is 0 Å². The number of hydrogen-bond donors (Lipinski definition) is 1. The Morgan fingerprint density at radius 2 is 2.03 bits per heavy atom. The fraction of sp³-hybridized carbons (Fsp3) is 0.227. The van der Waals surface area contributed by atoms with Gasteiger partial charge < -0.3 is 5.32 Å². The number of carbonyl (C=O) groups is 1. The van der Waals surface area contributed by atoms with Crippen molar-refractivity contribution >= 4 is 37.4 Å². The Bertz CT molecular complexity index is 1260. The molecule has 0 atom stereocenters. The van der Waals surface area contributed by atoms with Gasteiger partial charge in [0, 0.05) is 29.6 Å². The maximum atomic E-state index is 13.2. The molecule has 1 N–H and O–H groups in total. The van der Waals surface area contributed by atoms with Crippen LogP contribution >= 0.6 is 11.3 Å². The lowest BCUT2D eigenvalue weighted by molar-refractivity contribution is -0.121. The first-order valence-electron chi connectivity index (χ1n) is 9.43. The standard InChI is InChI=1S/C22H20FN3O2S/c1-14-21-20(17-8-2-3-9-18(17)29-21)22(28)26(25-14)11-5-10-19(27)24-13-15-6-4-7-16(23)12-15/h2-4,6-9,12H,5,10-11,13H2,1H3,(H,24,27). The molecule has 4 rings (SSSR count). The lowest BCUT2D eigenvalue weighted by Gasteiger charge is -2.08. The van der Waals surface area contributed by atoms with Gasteiger partial charge in [0.05, 0.1) is 15.8 Å². The molecule has 4 aromatic rings. The number of nitrogens with zero attached hydrogens (tertiary/aromatic N) is 2. The van der Waals surface area contributed by atoms with Crippen LogP contribution in [0.25, 0.3) is 20.2 Å². The van der Waals surface area contributed by atoms with Gasteiger partial charge in [-0.25, -0.2) is 9.07 Å². The molecule has 0 spiro atoms. The van der Waals surface area contributed by atoms with Crippen molar-refractivity contribution < 1.29 is 9.18 Å². The lowest BCUT2D eigenvalue weighted by atomic mass is 10.2. The molecule has 0 aliphatic heterocycles. The summed E-state index contributed by atoms with van der Waals surface area (Å²) < 4.78 is 16.6. The minimum atomic E-state index is -0.325. The second-order valence-corrected chi connectivity index (χ2v) is 7.98. The van der Waals surface area contributed by atoms with E-state index in [1.54, 1.807) is 23.5 Å². The zero-order valence-electron chi connectivity index (χ0n) is 15.9. The summed E-state index contributed by atoms with van der Waals surface area (Å²) in [5.74, 6) is -0.463. The first-order chi connectivity index (χ1) is 14.0. The topological polar surface area (TPSA) is 64.0 Å². The zero-order valence-corrected chi connectivity index (χ0v) is 16.8. The predicted molar refractivity (Wildman–Crippen MR) is 114 cm³/mol. The highest BCUT2D eigenvalue weighted by Crippen LogP contribution is 2.32. The third kappa shape index (κ3) is 4.05. The van der Waals surface area contributed by atoms with E-state index < -0.39 is 0 Å². The number of hydrogen-bond acceptors (Lipinski definition) is 4. The highest BCUT2D eigenvalue weighted by atomic mass is 32.1. The van der Waals surface area contributed by atoms with E-state index in [9.17, 15) is 14.0 Å². The van der Waals surface area contributed by atoms with Crippen molar-refractivity contribution in [3.8, 4) is 0 Å². The van der Waals surface area contributed by atoms with Crippen molar-refractivity contribution in [2.45, 2.75) is 32.9 Å². The van der Waals surface area contributed by atoms with Gasteiger partial charge in [-0.15, -0.1) is 11.3 Å². The first kappa shape index (κ1) is 19.3. The van der Waals surface area contributed by atoms with Crippen LogP contribution in [-0.2, 0) is 17.9 Å². The summed E-state index contributed by atoms with van der Waals surface area (Å²) in [5, 5.41) is 8.86. The van der Waals surface area contributed by atoms with Crippen LogP contribution in [-0.4, -0.2) is 15.7 Å². The molecule has 2 aromatic heterocycles. The molecule has 0 saturated carbocycles. The van der Waals surface area contributed by atoms with E-state index in [4.69, 9.17) is 0 Å². The van der Waals surface area contributed by atoms with Gasteiger partial charge in [-0.3, -0.25) is 9.59 Å². The highest BCUT2D eigenvalue weighted by Gasteiger charge is 2.14. The van der Waals surface area contributed by atoms with Crippen molar-refractivity contribution in [2.75, 3.05) is 0 Å². The quantitative estimate of drug-likeness (QED) is 0.520. The molecule has 7 heteroatoms. The van der Waals surface area contributed by atoms with E-state index in [2.05, 4.69) is 10.4 Å². The maximum absolute atomic E-state index is 13.2. The fourth-order valence-electron chi connectivity index (χ4n) is 3.39. The van der Waals surface area contributed by atoms with E-state index in [1.165, 1.54) is 16.8 Å². The summed E-state index contributed by atoms with van der Waals surface area (Å²) in [6.07, 6.45) is 0.764. The van der Waals surface area contributed by atoms with Crippen molar-refractivity contribution in [1.29, 1.82) is 0 Å². The molecule has 2 aromatic carbocycles. The van der Waals surface area contributed by atoms with Crippen LogP contribution in [0.2, 0.25) is 0 Å². The normalized spacial score (nSPS) is 11.2. The Kier molecular flexibility index (Phi) is 5.40. The molecule has 0 saturated heterocycles. The molecule has 0 radical (unpaired) electrons. The fourth-order valence-corrected chi connectivity index (χ4v) is 4.52. The van der Waals surface area contributed by atoms with Crippen molar-refractivity contribution in [3.63, 3.8) is 0 Å². The van der Waals surface area contributed by atoms with E-state index in [0.29, 0.717) is 23.9 Å². The average Bonchev–Trinajstić information content (AvgIpc) is 3.11. The van der Waals surface area contributed by atoms with Gasteiger partial charge in [-0.2, -0.15) is 5.10 Å². The summed E-state index contributed by atoms with van der Waals surface area (Å²) in [7, 11) is 0. The maximum Gasteiger partial charge on any atom is 0.276 e. The first-order valence-corrected chi connectivity index (χ1v) is 10.2. The Morgan fingerprint density at radius 3 is 2.86 bits per heavy atom. The SMILES string of the molecule is Cc1nn(CCCC(=O)NCc2cccc(F)c2)c(=O)c2c1sc1ccccc12. The van der Waals surface area contributed by atoms with Gasteiger partial charge in [0.1, 0.15) is 5.82 Å². The predicted octanol–water partition coefficient (Wildman–Crippen LogP) is 4.16. The number of amides is 1. The molecule has 148 valence electrons. The largest absolute Gasteiger partial charge is 0.352 e. The number of benzene rings is 2. The number of nitrogens with one attached hydrogen (secondary N) is 1. The van der Waals surface area contributed by atoms with Gasteiger partial charge in [0.2, 0.25) is 5.91 Å². The van der Waals surface area contributed by atoms with Gasteiger partial charge in [-0.05, 0) is 37.1 Å². The summed E-state index contributed by atoms with van der Waals surface area (Å²) in [4.78, 5) is 25.0. The van der Waals surface area contributed by atoms with Crippen LogP contribution in [0.3, 0.4) is 0 Å². The van der Waals surface area contributed by atoms with E-state index in [1.807, 2.05) is 31.2 Å². The number of carbonyl (C=O) groups excluding carboxylic acids is 1. The number of thiophene rings is 1. The van der Waals surface area contributed by atoms with Crippen molar-refractivity contribution in [3.05, 3.63) is 76.0 Å². The van der Waals surface area contributed by atoms with Crippen LogP contribution < -0.4 is 10.9 Å². The molecular formula is C22H20FN3O2S. The van der Waals surface area contributed by atoms with Crippen LogP contribution in [0.4, 0.5) is 4.39 Å². The number of aryl methyl sites for hydroxylation is 2. The van der Waals surface area contributed by atoms with Crippen molar-refractivity contribution in [1.82, 2.24) is 15.1 Å². The molecule has 2 heterocycles. The number of fused-ring (bicyclic) bond motifs is 3. The van der Waals surface area contributed by atoms with Crippen LogP contribution in [0.15, 0.2) is 53.3 Å². The van der Waals surface area contributed by atoms with E-state index in [-0.39, 0.29) is 30.2 Å². The Hall–Kier alpha value is -3.06. The van der Waals surface area contributed by atoms with Crippen LogP contribution in [0, 0.1) is 12.7 Å². The monoisotopic (exact) mass is 409 g/mol.